The molecule has 0 radical (unpaired) electrons. The smallest absolute Gasteiger partial charge is 0.262 e. The molecular formula is C21H16N4O2S. The van der Waals surface area contributed by atoms with Gasteiger partial charge >= 0.3 is 0 Å². The zero-order valence-corrected chi connectivity index (χ0v) is 15.9. The van der Waals surface area contributed by atoms with E-state index in [1.807, 2.05) is 54.6 Å². The van der Waals surface area contributed by atoms with Crippen LogP contribution in [0.15, 0.2) is 65.7 Å². The molecule has 0 amide bonds. The second-order valence-corrected chi connectivity index (χ2v) is 7.47. The fraction of sp³-hybridized carbons (Fsp3) is 0.0952. The number of aromatic amines is 1. The van der Waals surface area contributed by atoms with E-state index in [0.717, 1.165) is 32.1 Å². The van der Waals surface area contributed by atoms with E-state index >= 15 is 0 Å². The molecule has 5 rings (SSSR count). The lowest BCUT2D eigenvalue weighted by Crippen LogP contribution is -2.21. The Hall–Kier alpha value is -3.45. The molecule has 0 saturated heterocycles. The Balaban J connectivity index is 1.52. The van der Waals surface area contributed by atoms with E-state index < -0.39 is 0 Å². The number of hydrogen-bond donors (Lipinski definition) is 1. The van der Waals surface area contributed by atoms with E-state index in [4.69, 9.17) is 4.74 Å². The summed E-state index contributed by atoms with van der Waals surface area (Å²) in [4.78, 5) is 27.0. The van der Waals surface area contributed by atoms with Crippen LogP contribution < -0.4 is 10.3 Å². The van der Waals surface area contributed by atoms with Crippen molar-refractivity contribution < 1.29 is 4.74 Å². The van der Waals surface area contributed by atoms with E-state index in [0.29, 0.717) is 17.8 Å². The monoisotopic (exact) mass is 388 g/mol. The van der Waals surface area contributed by atoms with Crippen LogP contribution in [0, 0.1) is 0 Å². The molecule has 2 aromatic carbocycles. The van der Waals surface area contributed by atoms with E-state index in [9.17, 15) is 4.79 Å². The van der Waals surface area contributed by atoms with Gasteiger partial charge in [-0.1, -0.05) is 30.3 Å². The summed E-state index contributed by atoms with van der Waals surface area (Å²) in [5, 5.41) is 0.629. The van der Waals surface area contributed by atoms with Crippen LogP contribution in [0.4, 0.5) is 0 Å². The molecule has 0 saturated carbocycles. The van der Waals surface area contributed by atoms with E-state index in [2.05, 4.69) is 15.0 Å². The molecule has 0 spiro atoms. The fourth-order valence-electron chi connectivity index (χ4n) is 3.22. The van der Waals surface area contributed by atoms with Crippen molar-refractivity contribution in [1.29, 1.82) is 0 Å². The van der Waals surface area contributed by atoms with Crippen LogP contribution in [0.25, 0.3) is 31.7 Å². The topological polar surface area (TPSA) is 72.8 Å². The van der Waals surface area contributed by atoms with Gasteiger partial charge in [-0.25, -0.2) is 9.97 Å². The summed E-state index contributed by atoms with van der Waals surface area (Å²) in [5.74, 6) is 1.46. The van der Waals surface area contributed by atoms with Gasteiger partial charge in [-0.2, -0.15) is 0 Å². The van der Waals surface area contributed by atoms with Gasteiger partial charge in [-0.3, -0.25) is 9.36 Å². The molecule has 0 aliphatic heterocycles. The number of rotatable bonds is 4. The van der Waals surface area contributed by atoms with Gasteiger partial charge in [0.15, 0.2) is 0 Å². The highest BCUT2D eigenvalue weighted by Gasteiger charge is 2.12. The Labute approximate surface area is 164 Å². The van der Waals surface area contributed by atoms with Crippen LogP contribution in [0.3, 0.4) is 0 Å². The first-order valence-corrected chi connectivity index (χ1v) is 9.60. The predicted molar refractivity (Wildman–Crippen MR) is 111 cm³/mol. The third kappa shape index (κ3) is 2.86. The number of nitrogens with one attached hydrogen (secondary N) is 1. The zero-order chi connectivity index (χ0) is 19.1. The molecule has 0 bridgehead atoms. The molecule has 3 heterocycles. The first kappa shape index (κ1) is 16.7. The summed E-state index contributed by atoms with van der Waals surface area (Å²) in [5.41, 5.74) is 2.72. The summed E-state index contributed by atoms with van der Waals surface area (Å²) in [6.45, 7) is 0.329. The van der Waals surface area contributed by atoms with Crippen molar-refractivity contribution in [2.75, 3.05) is 7.11 Å². The van der Waals surface area contributed by atoms with Crippen LogP contribution >= 0.6 is 11.3 Å². The highest BCUT2D eigenvalue weighted by molar-refractivity contribution is 7.21. The third-order valence-corrected chi connectivity index (χ3v) is 5.73. The number of H-pyrrole nitrogens is 1. The number of benzene rings is 2. The van der Waals surface area contributed by atoms with Crippen molar-refractivity contribution in [2.24, 2.45) is 0 Å². The Morgan fingerprint density at radius 1 is 1.14 bits per heavy atom. The molecule has 28 heavy (non-hydrogen) atoms. The van der Waals surface area contributed by atoms with Crippen LogP contribution in [-0.4, -0.2) is 26.6 Å². The Morgan fingerprint density at radius 2 is 2.00 bits per heavy atom. The number of nitrogens with zero attached hydrogens (tertiary/aromatic N) is 3. The Kier molecular flexibility index (Phi) is 3.95. The minimum atomic E-state index is -0.0681. The Morgan fingerprint density at radius 3 is 2.82 bits per heavy atom. The lowest BCUT2D eigenvalue weighted by atomic mass is 10.2. The molecule has 0 atom stereocenters. The molecular weight excluding hydrogens is 372 g/mol. The summed E-state index contributed by atoms with van der Waals surface area (Å²) >= 11 is 1.53. The molecule has 138 valence electrons. The minimum Gasteiger partial charge on any atom is -0.497 e. The summed E-state index contributed by atoms with van der Waals surface area (Å²) in [6, 6.07) is 17.6. The number of ether oxygens (including phenoxy) is 1. The minimum absolute atomic E-state index is 0.0681. The number of hydrogen-bond acceptors (Lipinski definition) is 5. The average Bonchev–Trinajstić information content (AvgIpc) is 3.34. The second kappa shape index (κ2) is 6.61. The maximum Gasteiger partial charge on any atom is 0.262 e. The van der Waals surface area contributed by atoms with Crippen LogP contribution in [0.5, 0.6) is 5.75 Å². The number of methoxy groups -OCH3 is 1. The lowest BCUT2D eigenvalue weighted by molar-refractivity contribution is 0.415. The fourth-order valence-corrected chi connectivity index (χ4v) is 4.22. The zero-order valence-electron chi connectivity index (χ0n) is 15.0. The first-order valence-electron chi connectivity index (χ1n) is 8.78. The first-order chi connectivity index (χ1) is 13.7. The molecule has 7 heteroatoms. The van der Waals surface area contributed by atoms with Gasteiger partial charge in [0.05, 0.1) is 36.4 Å². The van der Waals surface area contributed by atoms with Crippen molar-refractivity contribution in [3.8, 4) is 16.2 Å². The molecule has 0 fully saturated rings. The molecule has 0 aliphatic rings. The van der Waals surface area contributed by atoms with E-state index in [1.54, 1.807) is 18.0 Å². The SMILES string of the molecule is COc1ccc2nc(Cn3cnc4sc(-c5ccccc5)cc4c3=O)[nH]c2c1. The molecule has 0 unspecified atom stereocenters. The molecule has 6 nitrogen and oxygen atoms in total. The predicted octanol–water partition coefficient (Wildman–Crippen LogP) is 4.06. The average molecular weight is 388 g/mol. The van der Waals surface area contributed by atoms with Gasteiger partial charge in [0.2, 0.25) is 0 Å². The number of thiophene rings is 1. The summed E-state index contributed by atoms with van der Waals surface area (Å²) in [6.07, 6.45) is 1.59. The van der Waals surface area contributed by atoms with Crippen molar-refractivity contribution in [3.63, 3.8) is 0 Å². The van der Waals surface area contributed by atoms with Crippen molar-refractivity contribution in [3.05, 3.63) is 77.1 Å². The maximum absolute atomic E-state index is 13.0. The standard InChI is InChI=1S/C21H16N4O2S/c1-27-14-7-8-16-17(9-14)24-19(23-16)11-25-12-22-20-15(21(25)26)10-18(28-20)13-5-3-2-4-6-13/h2-10,12H,11H2,1H3,(H,23,24). The molecule has 3 aromatic heterocycles. The van der Waals surface area contributed by atoms with Gasteiger partial charge in [-0.05, 0) is 23.8 Å². The number of aromatic nitrogens is 4. The second-order valence-electron chi connectivity index (χ2n) is 6.44. The van der Waals surface area contributed by atoms with Gasteiger partial charge in [0, 0.05) is 10.9 Å². The van der Waals surface area contributed by atoms with Crippen LogP contribution in [-0.2, 0) is 6.54 Å². The Bertz CT molecular complexity index is 1350. The molecule has 1 N–H and O–H groups in total. The van der Waals surface area contributed by atoms with Gasteiger partial charge in [-0.15, -0.1) is 11.3 Å². The van der Waals surface area contributed by atoms with Crippen LogP contribution in [0.1, 0.15) is 5.82 Å². The largest absolute Gasteiger partial charge is 0.497 e. The van der Waals surface area contributed by atoms with Crippen molar-refractivity contribution in [2.45, 2.75) is 6.54 Å². The summed E-state index contributed by atoms with van der Waals surface area (Å²) < 4.78 is 6.83. The van der Waals surface area contributed by atoms with Crippen molar-refractivity contribution >= 4 is 32.6 Å². The lowest BCUT2D eigenvalue weighted by Gasteiger charge is -2.02. The van der Waals surface area contributed by atoms with Crippen LogP contribution in [0.2, 0.25) is 0 Å². The highest BCUT2D eigenvalue weighted by atomic mass is 32.1. The highest BCUT2D eigenvalue weighted by Crippen LogP contribution is 2.30. The third-order valence-electron chi connectivity index (χ3n) is 4.63. The normalized spacial score (nSPS) is 11.3. The summed E-state index contributed by atoms with van der Waals surface area (Å²) in [7, 11) is 1.63. The van der Waals surface area contributed by atoms with Crippen molar-refractivity contribution in [1.82, 2.24) is 19.5 Å². The molecule has 5 aromatic rings. The number of fused-ring (bicyclic) bond motifs is 2. The van der Waals surface area contributed by atoms with E-state index in [-0.39, 0.29) is 5.56 Å². The molecule has 0 aliphatic carbocycles. The number of imidazole rings is 1. The quantitative estimate of drug-likeness (QED) is 0.504. The maximum atomic E-state index is 13.0. The van der Waals surface area contributed by atoms with Gasteiger partial charge in [0.25, 0.3) is 5.56 Å². The van der Waals surface area contributed by atoms with E-state index in [1.165, 1.54) is 11.3 Å². The van der Waals surface area contributed by atoms with Gasteiger partial charge < -0.3 is 9.72 Å². The van der Waals surface area contributed by atoms with Gasteiger partial charge in [0.1, 0.15) is 16.4 Å².